The van der Waals surface area contributed by atoms with Gasteiger partial charge in [0.25, 0.3) is 5.91 Å². The zero-order valence-corrected chi connectivity index (χ0v) is 15.5. The smallest absolute Gasteiger partial charge is 0.262 e. The van der Waals surface area contributed by atoms with Crippen LogP contribution in [0.15, 0.2) is 41.8 Å². The third-order valence-corrected chi connectivity index (χ3v) is 4.34. The summed E-state index contributed by atoms with van der Waals surface area (Å²) in [5.74, 6) is -1.12. The number of carbonyl (C=O) groups excluding carboxylic acids is 3. The van der Waals surface area contributed by atoms with Gasteiger partial charge in [-0.15, -0.1) is 11.3 Å². The number of benzene rings is 1. The highest BCUT2D eigenvalue weighted by molar-refractivity contribution is 7.10. The lowest BCUT2D eigenvalue weighted by molar-refractivity contribution is -0.128. The Balaban J connectivity index is 1.69. The van der Waals surface area contributed by atoms with Crippen LogP contribution in [0.5, 0.6) is 0 Å². The molecule has 0 unspecified atom stereocenters. The van der Waals surface area contributed by atoms with Crippen LogP contribution in [0.4, 0.5) is 5.69 Å². The van der Waals surface area contributed by atoms with Crippen LogP contribution in [-0.2, 0) is 14.4 Å². The van der Waals surface area contributed by atoms with E-state index in [-0.39, 0.29) is 18.7 Å². The lowest BCUT2D eigenvalue weighted by Crippen LogP contribution is -2.41. The summed E-state index contributed by atoms with van der Waals surface area (Å²) in [6, 6.07) is 9.48. The lowest BCUT2D eigenvalue weighted by atomic mass is 10.1. The van der Waals surface area contributed by atoms with Gasteiger partial charge in [-0.25, -0.2) is 0 Å². The summed E-state index contributed by atoms with van der Waals surface area (Å²) in [5.41, 5.74) is 7.38. The summed E-state index contributed by atoms with van der Waals surface area (Å²) in [5, 5.41) is 4.68. The Morgan fingerprint density at radius 3 is 2.50 bits per heavy atom. The van der Waals surface area contributed by atoms with E-state index in [2.05, 4.69) is 16.2 Å². The number of aryl methyl sites for hydroxylation is 2. The first kappa shape index (κ1) is 19.4. The predicted octanol–water partition coefficient (Wildman–Crippen LogP) is 2.94. The Labute approximate surface area is 156 Å². The average molecular weight is 371 g/mol. The number of amides is 3. The van der Waals surface area contributed by atoms with E-state index in [1.165, 1.54) is 17.4 Å². The monoisotopic (exact) mass is 371 g/mol. The van der Waals surface area contributed by atoms with E-state index in [4.69, 9.17) is 0 Å². The van der Waals surface area contributed by atoms with Crippen molar-refractivity contribution in [3.05, 3.63) is 57.8 Å². The molecular formula is C19H21N3O3S. The predicted molar refractivity (Wildman–Crippen MR) is 103 cm³/mol. The van der Waals surface area contributed by atoms with Crippen molar-refractivity contribution in [2.45, 2.75) is 26.7 Å². The molecule has 136 valence electrons. The molecule has 7 heteroatoms. The Kier molecular flexibility index (Phi) is 7.11. The van der Waals surface area contributed by atoms with E-state index in [1.54, 1.807) is 6.08 Å². The van der Waals surface area contributed by atoms with Crippen LogP contribution in [-0.4, -0.2) is 17.7 Å². The minimum atomic E-state index is -0.438. The maximum Gasteiger partial charge on any atom is 0.262 e. The molecule has 0 aliphatic rings. The van der Waals surface area contributed by atoms with Gasteiger partial charge in [0, 0.05) is 29.5 Å². The molecule has 1 aromatic heterocycles. The molecule has 0 atom stereocenters. The lowest BCUT2D eigenvalue weighted by Gasteiger charge is -2.09. The normalized spacial score (nSPS) is 10.5. The highest BCUT2D eigenvalue weighted by Gasteiger charge is 2.09. The van der Waals surface area contributed by atoms with Crippen LogP contribution in [0.2, 0.25) is 0 Å². The summed E-state index contributed by atoms with van der Waals surface area (Å²) in [6.07, 6.45) is 2.99. The van der Waals surface area contributed by atoms with E-state index in [1.807, 2.05) is 49.6 Å². The van der Waals surface area contributed by atoms with E-state index in [9.17, 15) is 14.4 Å². The van der Waals surface area contributed by atoms with Crippen LogP contribution in [0.25, 0.3) is 6.08 Å². The van der Waals surface area contributed by atoms with Crippen molar-refractivity contribution in [2.75, 3.05) is 5.32 Å². The highest BCUT2D eigenvalue weighted by Crippen LogP contribution is 2.16. The number of anilines is 1. The minimum Gasteiger partial charge on any atom is -0.326 e. The van der Waals surface area contributed by atoms with Gasteiger partial charge in [0.1, 0.15) is 0 Å². The summed E-state index contributed by atoms with van der Waals surface area (Å²) in [7, 11) is 0. The molecule has 26 heavy (non-hydrogen) atoms. The second-order valence-corrected chi connectivity index (χ2v) is 6.73. The van der Waals surface area contributed by atoms with Crippen molar-refractivity contribution in [2.24, 2.45) is 0 Å². The first-order valence-electron chi connectivity index (χ1n) is 8.11. The van der Waals surface area contributed by atoms with Gasteiger partial charge in [-0.1, -0.05) is 23.8 Å². The molecule has 1 heterocycles. The Morgan fingerprint density at radius 1 is 1.04 bits per heavy atom. The molecule has 3 N–H and O–H groups in total. The van der Waals surface area contributed by atoms with Gasteiger partial charge in [-0.3, -0.25) is 25.2 Å². The summed E-state index contributed by atoms with van der Waals surface area (Å²) in [4.78, 5) is 36.2. The summed E-state index contributed by atoms with van der Waals surface area (Å²) < 4.78 is 0. The van der Waals surface area contributed by atoms with Crippen molar-refractivity contribution in [3.8, 4) is 0 Å². The molecule has 0 spiro atoms. The highest BCUT2D eigenvalue weighted by atomic mass is 32.1. The van der Waals surface area contributed by atoms with Crippen LogP contribution >= 0.6 is 11.3 Å². The van der Waals surface area contributed by atoms with Crippen molar-refractivity contribution in [1.29, 1.82) is 0 Å². The van der Waals surface area contributed by atoms with Crippen LogP contribution in [0, 0.1) is 13.8 Å². The Morgan fingerprint density at radius 2 is 1.81 bits per heavy atom. The second kappa shape index (κ2) is 9.53. The molecule has 3 amide bonds. The third-order valence-electron chi connectivity index (χ3n) is 3.50. The number of hydrogen-bond donors (Lipinski definition) is 3. The quantitative estimate of drug-likeness (QED) is 0.539. The van der Waals surface area contributed by atoms with Crippen molar-refractivity contribution in [1.82, 2.24) is 10.9 Å². The van der Waals surface area contributed by atoms with E-state index in [0.717, 1.165) is 21.7 Å². The number of nitrogens with one attached hydrogen (secondary N) is 3. The van der Waals surface area contributed by atoms with Gasteiger partial charge in [0.05, 0.1) is 0 Å². The van der Waals surface area contributed by atoms with Gasteiger partial charge in [-0.2, -0.15) is 0 Å². The number of hydrogen-bond acceptors (Lipinski definition) is 4. The number of thiophene rings is 1. The fourth-order valence-electron chi connectivity index (χ4n) is 2.17. The molecule has 0 saturated heterocycles. The average Bonchev–Trinajstić information content (AvgIpc) is 3.12. The first-order valence-corrected chi connectivity index (χ1v) is 8.99. The van der Waals surface area contributed by atoms with Gasteiger partial charge >= 0.3 is 0 Å². The van der Waals surface area contributed by atoms with Crippen LogP contribution < -0.4 is 16.2 Å². The number of carbonyl (C=O) groups is 3. The van der Waals surface area contributed by atoms with E-state index < -0.39 is 11.8 Å². The van der Waals surface area contributed by atoms with Gasteiger partial charge in [0.15, 0.2) is 0 Å². The van der Waals surface area contributed by atoms with Crippen molar-refractivity contribution in [3.63, 3.8) is 0 Å². The standard InChI is InChI=1S/C19H21N3O3S/c1-13-5-7-16(14(2)12-13)20-17(23)9-10-19(25)22-21-18(24)8-6-15-4-3-11-26-15/h3-8,11-12H,9-10H2,1-2H3,(H,20,23)(H,21,24)(H,22,25). The van der Waals surface area contributed by atoms with Crippen LogP contribution in [0.3, 0.4) is 0 Å². The fraction of sp³-hybridized carbons (Fsp3) is 0.211. The van der Waals surface area contributed by atoms with Gasteiger partial charge in [0.2, 0.25) is 11.8 Å². The largest absolute Gasteiger partial charge is 0.326 e. The molecule has 6 nitrogen and oxygen atoms in total. The van der Waals surface area contributed by atoms with Gasteiger partial charge in [-0.05, 0) is 43.0 Å². The molecule has 0 fully saturated rings. The maximum atomic E-state index is 11.9. The SMILES string of the molecule is Cc1ccc(NC(=O)CCC(=O)NNC(=O)C=Cc2cccs2)c(C)c1. The molecule has 2 rings (SSSR count). The molecule has 0 aliphatic heterocycles. The zero-order chi connectivity index (χ0) is 18.9. The molecule has 0 radical (unpaired) electrons. The van der Waals surface area contributed by atoms with Crippen LogP contribution in [0.1, 0.15) is 28.8 Å². The molecule has 0 saturated carbocycles. The Bertz CT molecular complexity index is 813. The number of hydrazine groups is 1. The molecule has 2 aromatic rings. The van der Waals surface area contributed by atoms with Crippen molar-refractivity contribution < 1.29 is 14.4 Å². The molecular weight excluding hydrogens is 350 g/mol. The third kappa shape index (κ3) is 6.52. The van der Waals surface area contributed by atoms with E-state index in [0.29, 0.717) is 0 Å². The second-order valence-electron chi connectivity index (χ2n) is 5.75. The fourth-order valence-corrected chi connectivity index (χ4v) is 2.79. The first-order chi connectivity index (χ1) is 12.4. The minimum absolute atomic E-state index is 0.0222. The topological polar surface area (TPSA) is 87.3 Å². The maximum absolute atomic E-state index is 11.9. The summed E-state index contributed by atoms with van der Waals surface area (Å²) in [6.45, 7) is 3.89. The molecule has 0 bridgehead atoms. The molecule has 0 aliphatic carbocycles. The van der Waals surface area contributed by atoms with E-state index >= 15 is 0 Å². The summed E-state index contributed by atoms with van der Waals surface area (Å²) >= 11 is 1.50. The van der Waals surface area contributed by atoms with Crippen molar-refractivity contribution >= 4 is 40.8 Å². The Hall–Kier alpha value is -2.93. The number of rotatable bonds is 6. The molecule has 1 aromatic carbocycles. The van der Waals surface area contributed by atoms with Gasteiger partial charge < -0.3 is 5.32 Å². The zero-order valence-electron chi connectivity index (χ0n) is 14.7.